The van der Waals surface area contributed by atoms with Crippen molar-refractivity contribution >= 4 is 10.8 Å². The van der Waals surface area contributed by atoms with Gasteiger partial charge in [-0.1, -0.05) is 31.3 Å². The molecule has 0 aromatic heterocycles. The van der Waals surface area contributed by atoms with Crippen molar-refractivity contribution in [1.82, 2.24) is 0 Å². The van der Waals surface area contributed by atoms with Crippen LogP contribution >= 0.6 is 0 Å². The largest absolute Gasteiger partial charge is 0.206 e. The summed E-state index contributed by atoms with van der Waals surface area (Å²) in [6, 6.07) is 9.51. The lowest BCUT2D eigenvalue weighted by atomic mass is 10.0. The molecule has 0 aliphatic heterocycles. The maximum Gasteiger partial charge on any atom is 0.159 e. The summed E-state index contributed by atoms with van der Waals surface area (Å²) < 4.78 is 54.9. The van der Waals surface area contributed by atoms with Gasteiger partial charge in [0.1, 0.15) is 11.6 Å². The minimum Gasteiger partial charge on any atom is -0.206 e. The molecule has 132 valence electrons. The molecule has 0 heterocycles. The van der Waals surface area contributed by atoms with Crippen molar-refractivity contribution in [3.8, 4) is 11.8 Å². The van der Waals surface area contributed by atoms with Gasteiger partial charge in [0.05, 0.1) is 5.56 Å². The van der Waals surface area contributed by atoms with E-state index in [-0.39, 0.29) is 5.56 Å². The topological polar surface area (TPSA) is 0 Å². The number of aryl methyl sites for hydroxylation is 1. The molecule has 0 N–H and O–H groups in total. The Bertz CT molecular complexity index is 1000. The van der Waals surface area contributed by atoms with Crippen molar-refractivity contribution in [1.29, 1.82) is 0 Å². The van der Waals surface area contributed by atoms with Gasteiger partial charge in [-0.15, -0.1) is 0 Å². The molecule has 0 bridgehead atoms. The van der Waals surface area contributed by atoms with E-state index < -0.39 is 23.3 Å². The van der Waals surface area contributed by atoms with Crippen LogP contribution in [-0.4, -0.2) is 0 Å². The van der Waals surface area contributed by atoms with Crippen molar-refractivity contribution in [3.63, 3.8) is 0 Å². The molecule has 0 unspecified atom stereocenters. The molecular formula is C22H16F4. The average Bonchev–Trinajstić information content (AvgIpc) is 2.60. The summed E-state index contributed by atoms with van der Waals surface area (Å²) in [6.45, 7) is 2.01. The maximum absolute atomic E-state index is 14.2. The van der Waals surface area contributed by atoms with Crippen molar-refractivity contribution in [2.45, 2.75) is 26.2 Å². The van der Waals surface area contributed by atoms with E-state index in [0.717, 1.165) is 25.0 Å². The molecule has 3 aromatic rings. The highest BCUT2D eigenvalue weighted by Gasteiger charge is 2.09. The minimum atomic E-state index is -0.956. The summed E-state index contributed by atoms with van der Waals surface area (Å²) in [6.07, 6.45) is 2.42. The van der Waals surface area contributed by atoms with Gasteiger partial charge in [-0.25, -0.2) is 17.6 Å². The summed E-state index contributed by atoms with van der Waals surface area (Å²) in [5.41, 5.74) is 0.767. The molecule has 0 aliphatic rings. The van der Waals surface area contributed by atoms with Crippen molar-refractivity contribution in [2.24, 2.45) is 0 Å². The van der Waals surface area contributed by atoms with Gasteiger partial charge in [0.15, 0.2) is 11.6 Å². The summed E-state index contributed by atoms with van der Waals surface area (Å²) >= 11 is 0. The molecule has 0 amide bonds. The van der Waals surface area contributed by atoms with Crippen LogP contribution in [0, 0.1) is 35.1 Å². The Hall–Kier alpha value is -2.80. The molecule has 3 rings (SSSR count). The Balaban J connectivity index is 1.94. The highest BCUT2D eigenvalue weighted by molar-refractivity contribution is 5.84. The molecule has 0 spiro atoms. The van der Waals surface area contributed by atoms with Crippen LogP contribution in [0.2, 0.25) is 0 Å². The van der Waals surface area contributed by atoms with E-state index in [1.54, 1.807) is 18.2 Å². The van der Waals surface area contributed by atoms with Crippen LogP contribution in [-0.2, 0) is 6.42 Å². The number of halogens is 4. The first-order chi connectivity index (χ1) is 12.5. The lowest BCUT2D eigenvalue weighted by molar-refractivity contribution is 0.511. The second kappa shape index (κ2) is 7.61. The maximum atomic E-state index is 14.2. The molecule has 0 nitrogen and oxygen atoms in total. The number of benzene rings is 3. The van der Waals surface area contributed by atoms with Gasteiger partial charge in [0.25, 0.3) is 0 Å². The fourth-order valence-corrected chi connectivity index (χ4v) is 2.72. The zero-order valence-electron chi connectivity index (χ0n) is 14.2. The molecule has 3 aromatic carbocycles. The van der Waals surface area contributed by atoms with E-state index in [9.17, 15) is 17.6 Å². The summed E-state index contributed by atoms with van der Waals surface area (Å²) in [5, 5.41) is 0.985. The van der Waals surface area contributed by atoms with Gasteiger partial charge in [0, 0.05) is 5.56 Å². The summed E-state index contributed by atoms with van der Waals surface area (Å²) in [4.78, 5) is 0. The van der Waals surface area contributed by atoms with Gasteiger partial charge in [-0.2, -0.15) is 0 Å². The van der Waals surface area contributed by atoms with Crippen LogP contribution in [0.25, 0.3) is 10.8 Å². The molecule has 0 aliphatic carbocycles. The Kier molecular flexibility index (Phi) is 5.27. The van der Waals surface area contributed by atoms with E-state index >= 15 is 0 Å². The van der Waals surface area contributed by atoms with E-state index in [1.807, 2.05) is 6.92 Å². The Morgan fingerprint density at radius 2 is 1.38 bits per heavy atom. The molecule has 0 saturated carbocycles. The van der Waals surface area contributed by atoms with Crippen LogP contribution < -0.4 is 0 Å². The highest BCUT2D eigenvalue weighted by Crippen LogP contribution is 2.20. The van der Waals surface area contributed by atoms with Crippen LogP contribution in [0.1, 0.15) is 36.5 Å². The second-order valence-corrected chi connectivity index (χ2v) is 6.12. The van der Waals surface area contributed by atoms with Crippen LogP contribution in [0.5, 0.6) is 0 Å². The molecule has 0 saturated heterocycles. The third-order valence-corrected chi connectivity index (χ3v) is 4.13. The SMILES string of the molecule is CCCCc1cc(F)c(C#Cc2ccc3cc(F)c(F)cc3c2)c(F)c1. The number of unbranched alkanes of at least 4 members (excludes halogenated alkanes) is 1. The molecule has 0 radical (unpaired) electrons. The van der Waals surface area contributed by atoms with E-state index in [2.05, 4.69) is 11.8 Å². The van der Waals surface area contributed by atoms with E-state index in [0.29, 0.717) is 28.3 Å². The van der Waals surface area contributed by atoms with E-state index in [1.165, 1.54) is 12.1 Å². The number of rotatable bonds is 3. The predicted molar refractivity (Wildman–Crippen MR) is 94.8 cm³/mol. The third kappa shape index (κ3) is 3.88. The van der Waals surface area contributed by atoms with Gasteiger partial charge in [0.2, 0.25) is 0 Å². The van der Waals surface area contributed by atoms with Crippen molar-refractivity contribution in [2.75, 3.05) is 0 Å². The van der Waals surface area contributed by atoms with Gasteiger partial charge in [-0.3, -0.25) is 0 Å². The fraction of sp³-hybridized carbons (Fsp3) is 0.182. The number of fused-ring (bicyclic) bond motifs is 1. The van der Waals surface area contributed by atoms with E-state index in [4.69, 9.17) is 0 Å². The van der Waals surface area contributed by atoms with Crippen molar-refractivity contribution < 1.29 is 17.6 Å². The minimum absolute atomic E-state index is 0.296. The third-order valence-electron chi connectivity index (χ3n) is 4.13. The first kappa shape index (κ1) is 18.0. The summed E-state index contributed by atoms with van der Waals surface area (Å²) in [7, 11) is 0. The van der Waals surface area contributed by atoms with Crippen LogP contribution in [0.3, 0.4) is 0 Å². The Morgan fingerprint density at radius 1 is 0.731 bits per heavy atom. The molecule has 0 atom stereocenters. The second-order valence-electron chi connectivity index (χ2n) is 6.12. The monoisotopic (exact) mass is 356 g/mol. The molecule has 0 fully saturated rings. The first-order valence-corrected chi connectivity index (χ1v) is 8.36. The van der Waals surface area contributed by atoms with Crippen LogP contribution in [0.15, 0.2) is 42.5 Å². The first-order valence-electron chi connectivity index (χ1n) is 8.36. The van der Waals surface area contributed by atoms with Gasteiger partial charge >= 0.3 is 0 Å². The predicted octanol–water partition coefficient (Wildman–Crippen LogP) is 6.14. The number of hydrogen-bond acceptors (Lipinski definition) is 0. The standard InChI is InChI=1S/C22H16F4/c1-2-3-4-15-10-19(23)18(20(24)11-15)8-6-14-5-7-16-12-21(25)22(26)13-17(16)9-14/h5,7,9-13H,2-4H2,1H3. The molecule has 26 heavy (non-hydrogen) atoms. The zero-order valence-corrected chi connectivity index (χ0v) is 14.2. The molecule has 4 heteroatoms. The van der Waals surface area contributed by atoms with Gasteiger partial charge < -0.3 is 0 Å². The van der Waals surface area contributed by atoms with Crippen LogP contribution in [0.4, 0.5) is 17.6 Å². The fourth-order valence-electron chi connectivity index (χ4n) is 2.72. The smallest absolute Gasteiger partial charge is 0.159 e. The lowest BCUT2D eigenvalue weighted by Gasteiger charge is -2.03. The highest BCUT2D eigenvalue weighted by atomic mass is 19.2. The summed E-state index contributed by atoms with van der Waals surface area (Å²) in [5.74, 6) is 1.91. The zero-order chi connectivity index (χ0) is 18.7. The normalized spacial score (nSPS) is 10.7. The van der Waals surface area contributed by atoms with Crippen molar-refractivity contribution in [3.05, 3.63) is 82.4 Å². The Labute approximate surface area is 149 Å². The lowest BCUT2D eigenvalue weighted by Crippen LogP contribution is -1.95. The van der Waals surface area contributed by atoms with Gasteiger partial charge in [-0.05, 0) is 65.6 Å². The Morgan fingerprint density at radius 3 is 2.04 bits per heavy atom. The number of hydrogen-bond donors (Lipinski definition) is 0. The quantitative estimate of drug-likeness (QED) is 0.391. The average molecular weight is 356 g/mol. The molecular weight excluding hydrogens is 340 g/mol.